The highest BCUT2D eigenvalue weighted by Gasteiger charge is 2.30. The maximum absolute atomic E-state index is 13.0. The monoisotopic (exact) mass is 452 g/mol. The quantitative estimate of drug-likeness (QED) is 0.428. The van der Waals surface area contributed by atoms with E-state index in [0.29, 0.717) is 28.5 Å². The zero-order valence-electron chi connectivity index (χ0n) is 19.7. The summed E-state index contributed by atoms with van der Waals surface area (Å²) in [4.78, 5) is 13.0. The van der Waals surface area contributed by atoms with E-state index in [0.717, 1.165) is 36.6 Å². The molecule has 0 atom stereocenters. The van der Waals surface area contributed by atoms with Gasteiger partial charge in [0.2, 0.25) is 0 Å². The van der Waals surface area contributed by atoms with E-state index in [1.165, 1.54) is 6.07 Å². The Balaban J connectivity index is 1.64. The molecule has 8 heteroatoms. The van der Waals surface area contributed by atoms with Gasteiger partial charge in [-0.15, -0.1) is 0 Å². The first kappa shape index (κ1) is 23.0. The summed E-state index contributed by atoms with van der Waals surface area (Å²) in [5.41, 5.74) is 1.24. The molecule has 1 aliphatic carbocycles. The molecule has 0 bridgehead atoms. The topological polar surface area (TPSA) is 103 Å². The molecule has 0 aliphatic heterocycles. The Kier molecular flexibility index (Phi) is 6.30. The number of benzene rings is 1. The molecule has 3 aromatic rings. The number of anilines is 1. The van der Waals surface area contributed by atoms with Gasteiger partial charge >= 0.3 is 5.91 Å². The molecule has 1 aromatic carbocycles. The molecule has 1 aliphatic rings. The molecule has 0 unspecified atom stereocenters. The first-order chi connectivity index (χ1) is 15.7. The summed E-state index contributed by atoms with van der Waals surface area (Å²) >= 11 is 0. The maximum Gasteiger partial charge on any atom is 0.321 e. The number of rotatable bonds is 6. The number of nitrogens with one attached hydrogen (secondary N) is 1. The zero-order chi connectivity index (χ0) is 23.8. The predicted molar refractivity (Wildman–Crippen MR) is 126 cm³/mol. The van der Waals surface area contributed by atoms with Crippen LogP contribution < -0.4 is 14.8 Å². The lowest BCUT2D eigenvalue weighted by atomic mass is 9.84. The van der Waals surface area contributed by atoms with Gasteiger partial charge in [-0.2, -0.15) is 9.83 Å². The second-order valence-corrected chi connectivity index (χ2v) is 9.42. The number of amides is 1. The van der Waals surface area contributed by atoms with E-state index >= 15 is 0 Å². The molecule has 33 heavy (non-hydrogen) atoms. The van der Waals surface area contributed by atoms with E-state index < -0.39 is 11.5 Å². The molecular formula is C25H32N4O4. The molecule has 1 saturated carbocycles. The van der Waals surface area contributed by atoms with Crippen LogP contribution in [0.3, 0.4) is 0 Å². The van der Waals surface area contributed by atoms with Crippen molar-refractivity contribution in [1.82, 2.24) is 9.78 Å². The molecular weight excluding hydrogens is 420 g/mol. The van der Waals surface area contributed by atoms with E-state index in [1.807, 2.05) is 50.7 Å². The third-order valence-corrected chi connectivity index (χ3v) is 6.38. The molecule has 8 nitrogen and oxygen atoms in total. The molecule has 2 N–H and O–H groups in total. The number of ether oxygens (including phenoxy) is 1. The summed E-state index contributed by atoms with van der Waals surface area (Å²) < 4.78 is 8.42. The fourth-order valence-corrected chi connectivity index (χ4v) is 4.41. The Bertz CT molecular complexity index is 1160. The van der Waals surface area contributed by atoms with Crippen LogP contribution in [0.1, 0.15) is 81.5 Å². The van der Waals surface area contributed by atoms with Crippen LogP contribution in [0.15, 0.2) is 36.5 Å². The minimum Gasteiger partial charge on any atom is -0.618 e. The van der Waals surface area contributed by atoms with Crippen molar-refractivity contribution in [3.05, 3.63) is 53.1 Å². The summed E-state index contributed by atoms with van der Waals surface area (Å²) in [5, 5.41) is 31.4. The number of carbonyl (C=O) groups is 1. The minimum atomic E-state index is -0.603. The zero-order valence-corrected chi connectivity index (χ0v) is 19.7. The number of carbonyl (C=O) groups excluding carboxylic acids is 1. The molecule has 2 heterocycles. The number of aliphatic hydroxyl groups is 1. The van der Waals surface area contributed by atoms with Gasteiger partial charge in [-0.05, 0) is 51.7 Å². The fraction of sp³-hybridized carbons (Fsp3) is 0.480. The van der Waals surface area contributed by atoms with Crippen molar-refractivity contribution in [3.63, 3.8) is 0 Å². The Morgan fingerprint density at radius 2 is 2.09 bits per heavy atom. The molecule has 0 saturated heterocycles. The van der Waals surface area contributed by atoms with Gasteiger partial charge in [-0.3, -0.25) is 9.48 Å². The first-order valence-corrected chi connectivity index (χ1v) is 11.6. The molecule has 2 aromatic heterocycles. The van der Waals surface area contributed by atoms with Gasteiger partial charge in [-0.1, -0.05) is 13.8 Å². The number of nitrogens with zero attached hydrogens (tertiary/aromatic N) is 3. The third-order valence-electron chi connectivity index (χ3n) is 6.38. The Morgan fingerprint density at radius 3 is 2.76 bits per heavy atom. The summed E-state index contributed by atoms with van der Waals surface area (Å²) in [6.45, 7) is 8.01. The summed E-state index contributed by atoms with van der Waals surface area (Å²) in [5.74, 6) is 0.0160. The van der Waals surface area contributed by atoms with Crippen LogP contribution in [0.2, 0.25) is 0 Å². The lowest BCUT2D eigenvalue weighted by Crippen LogP contribution is -2.41. The van der Waals surface area contributed by atoms with Crippen LogP contribution in [-0.4, -0.2) is 33.0 Å². The average molecular weight is 453 g/mol. The molecule has 176 valence electrons. The van der Waals surface area contributed by atoms with Crippen molar-refractivity contribution in [1.29, 1.82) is 0 Å². The standard InChI is InChI=1S/C25H32N4O4/c1-5-33-23-14-19-17(15-28(27-19)18-9-11-25(4,31)12-10-18)13-20(23)26-24(30)22-8-6-7-21(16(2)3)29(22)32/h6-8,13-16,18,31H,5,9-12H2,1-4H3,(H,26,30). The SMILES string of the molecule is CCOc1cc2nn(C3CCC(C)(O)CC3)cc2cc1NC(=O)c1cccc(C(C)C)[n+]1[O-]. The maximum atomic E-state index is 13.0. The van der Waals surface area contributed by atoms with Crippen molar-refractivity contribution in [3.8, 4) is 5.75 Å². The Labute approximate surface area is 193 Å². The summed E-state index contributed by atoms with van der Waals surface area (Å²) in [7, 11) is 0. The third kappa shape index (κ3) is 4.80. The van der Waals surface area contributed by atoms with Gasteiger partial charge in [0.05, 0.1) is 29.5 Å². The molecule has 0 spiro atoms. The van der Waals surface area contributed by atoms with Crippen molar-refractivity contribution in [2.24, 2.45) is 0 Å². The van der Waals surface area contributed by atoms with E-state index in [9.17, 15) is 15.1 Å². The van der Waals surface area contributed by atoms with Crippen LogP contribution >= 0.6 is 0 Å². The van der Waals surface area contributed by atoms with E-state index in [-0.39, 0.29) is 17.7 Å². The molecule has 1 amide bonds. The minimum absolute atomic E-state index is 0.0000814. The highest BCUT2D eigenvalue weighted by Crippen LogP contribution is 2.36. The van der Waals surface area contributed by atoms with Crippen LogP contribution in [0.4, 0.5) is 5.69 Å². The van der Waals surface area contributed by atoms with Crippen LogP contribution in [-0.2, 0) is 0 Å². The van der Waals surface area contributed by atoms with Crippen LogP contribution in [0.5, 0.6) is 5.75 Å². The lowest BCUT2D eigenvalue weighted by Gasteiger charge is -2.33. The second-order valence-electron chi connectivity index (χ2n) is 9.42. The summed E-state index contributed by atoms with van der Waals surface area (Å²) in [6, 6.07) is 8.84. The van der Waals surface area contributed by atoms with Crippen LogP contribution in [0, 0.1) is 5.21 Å². The van der Waals surface area contributed by atoms with Gasteiger partial charge in [-0.25, -0.2) is 0 Å². The van der Waals surface area contributed by atoms with Crippen molar-refractivity contribution in [2.75, 3.05) is 11.9 Å². The number of aromatic nitrogens is 3. The number of hydrogen-bond donors (Lipinski definition) is 2. The normalized spacial score (nSPS) is 20.8. The van der Waals surface area contributed by atoms with Crippen LogP contribution in [0.25, 0.3) is 10.9 Å². The van der Waals surface area contributed by atoms with Gasteiger partial charge in [0, 0.05) is 35.7 Å². The smallest absolute Gasteiger partial charge is 0.321 e. The molecule has 4 rings (SSSR count). The highest BCUT2D eigenvalue weighted by molar-refractivity contribution is 6.04. The average Bonchev–Trinajstić information content (AvgIpc) is 3.16. The highest BCUT2D eigenvalue weighted by atomic mass is 16.5. The van der Waals surface area contributed by atoms with Gasteiger partial charge in [0.15, 0.2) is 5.69 Å². The molecule has 1 fully saturated rings. The number of pyridine rings is 1. The van der Waals surface area contributed by atoms with E-state index in [2.05, 4.69) is 5.32 Å². The van der Waals surface area contributed by atoms with Crippen molar-refractivity contribution < 1.29 is 19.4 Å². The van der Waals surface area contributed by atoms with Crippen molar-refractivity contribution in [2.45, 2.75) is 70.9 Å². The fourth-order valence-electron chi connectivity index (χ4n) is 4.41. The van der Waals surface area contributed by atoms with Gasteiger partial charge < -0.3 is 20.4 Å². The Morgan fingerprint density at radius 1 is 1.36 bits per heavy atom. The largest absolute Gasteiger partial charge is 0.618 e. The second kappa shape index (κ2) is 9.02. The first-order valence-electron chi connectivity index (χ1n) is 11.6. The number of hydrogen-bond acceptors (Lipinski definition) is 5. The van der Waals surface area contributed by atoms with Crippen molar-refractivity contribution >= 4 is 22.5 Å². The number of fused-ring (bicyclic) bond motifs is 1. The van der Waals surface area contributed by atoms with E-state index in [4.69, 9.17) is 9.84 Å². The molecule has 0 radical (unpaired) electrons. The predicted octanol–water partition coefficient (Wildman–Crippen LogP) is 4.31. The van der Waals surface area contributed by atoms with Gasteiger partial charge in [0.25, 0.3) is 5.69 Å². The lowest BCUT2D eigenvalue weighted by molar-refractivity contribution is -0.617. The van der Waals surface area contributed by atoms with E-state index in [1.54, 1.807) is 12.1 Å². The van der Waals surface area contributed by atoms with Gasteiger partial charge in [0.1, 0.15) is 5.75 Å². The Hall–Kier alpha value is -3.13. The summed E-state index contributed by atoms with van der Waals surface area (Å²) in [6.07, 6.45) is 5.17.